The molecule has 1 heterocycles. The fourth-order valence-electron chi connectivity index (χ4n) is 1.82. The molecule has 1 amide bonds. The highest BCUT2D eigenvalue weighted by Gasteiger charge is 2.19. The predicted molar refractivity (Wildman–Crippen MR) is 71.8 cm³/mol. The number of nitrogens with one attached hydrogen (secondary N) is 2. The number of methoxy groups -OCH3 is 4. The molecule has 0 saturated carbocycles. The van der Waals surface area contributed by atoms with Gasteiger partial charge in [-0.15, -0.1) is 0 Å². The molecule has 0 spiro atoms. The minimum atomic E-state index is -0.623. The van der Waals surface area contributed by atoms with Crippen LogP contribution in [0.1, 0.15) is 0 Å². The molecule has 2 N–H and O–H groups in total. The number of carbonyl (C=O) groups excluding carboxylic acids is 1. The highest BCUT2D eigenvalue weighted by Crippen LogP contribution is 2.42. The highest BCUT2D eigenvalue weighted by atomic mass is 16.5. The number of aromatic amines is 1. The molecule has 0 radical (unpaired) electrons. The van der Waals surface area contributed by atoms with Crippen LogP contribution in [0, 0.1) is 0 Å². The number of imidazole rings is 1. The fraction of sp³-hybridized carbons (Fsp3) is 0.333. The Morgan fingerprint density at radius 1 is 1.15 bits per heavy atom. The summed E-state index contributed by atoms with van der Waals surface area (Å²) in [6.07, 6.45) is -0.623. The second-order valence-corrected chi connectivity index (χ2v) is 3.74. The van der Waals surface area contributed by atoms with E-state index in [2.05, 4.69) is 20.0 Å². The summed E-state index contributed by atoms with van der Waals surface area (Å²) in [7, 11) is 5.79. The molecule has 0 aliphatic rings. The van der Waals surface area contributed by atoms with Crippen molar-refractivity contribution in [3.8, 4) is 17.2 Å². The van der Waals surface area contributed by atoms with Gasteiger partial charge in [0.1, 0.15) is 5.52 Å². The average Bonchev–Trinajstić information content (AvgIpc) is 2.86. The van der Waals surface area contributed by atoms with Gasteiger partial charge in [0, 0.05) is 6.07 Å². The number of carbonyl (C=O) groups is 1. The molecule has 20 heavy (non-hydrogen) atoms. The predicted octanol–water partition coefficient (Wildman–Crippen LogP) is 1.77. The summed E-state index contributed by atoms with van der Waals surface area (Å²) >= 11 is 0. The van der Waals surface area contributed by atoms with E-state index in [-0.39, 0.29) is 5.95 Å². The van der Waals surface area contributed by atoms with Gasteiger partial charge in [0.05, 0.1) is 34.0 Å². The number of benzene rings is 1. The minimum Gasteiger partial charge on any atom is -0.493 e. The van der Waals surface area contributed by atoms with Crippen molar-refractivity contribution in [3.63, 3.8) is 0 Å². The van der Waals surface area contributed by atoms with Gasteiger partial charge in [0.2, 0.25) is 11.7 Å². The summed E-state index contributed by atoms with van der Waals surface area (Å²) in [5.74, 6) is 1.57. The maximum atomic E-state index is 11.2. The molecule has 1 aromatic carbocycles. The maximum absolute atomic E-state index is 11.2. The highest BCUT2D eigenvalue weighted by molar-refractivity contribution is 5.91. The molecular formula is C12H15N3O5. The van der Waals surface area contributed by atoms with Crippen LogP contribution in [-0.2, 0) is 4.74 Å². The van der Waals surface area contributed by atoms with Crippen LogP contribution in [0.2, 0.25) is 0 Å². The standard InChI is InChI=1S/C12H15N3O5/c1-17-7-5-6-8(10(19-3)9(7)18-2)14-11(13-6)15-12(16)20-4/h5H,1-4H3,(H2,13,14,15,16). The number of rotatable bonds is 4. The van der Waals surface area contributed by atoms with E-state index in [1.165, 1.54) is 28.4 Å². The third-order valence-electron chi connectivity index (χ3n) is 2.69. The first-order chi connectivity index (χ1) is 9.64. The second-order valence-electron chi connectivity index (χ2n) is 3.74. The van der Waals surface area contributed by atoms with Crippen molar-refractivity contribution in [2.75, 3.05) is 33.8 Å². The Kier molecular flexibility index (Phi) is 3.83. The lowest BCUT2D eigenvalue weighted by Crippen LogP contribution is -2.11. The van der Waals surface area contributed by atoms with Gasteiger partial charge >= 0.3 is 6.09 Å². The number of fused-ring (bicyclic) bond motifs is 1. The Labute approximate surface area is 115 Å². The van der Waals surface area contributed by atoms with E-state index in [0.29, 0.717) is 28.3 Å². The van der Waals surface area contributed by atoms with Gasteiger partial charge in [-0.1, -0.05) is 0 Å². The van der Waals surface area contributed by atoms with Gasteiger partial charge < -0.3 is 23.9 Å². The smallest absolute Gasteiger partial charge is 0.413 e. The lowest BCUT2D eigenvalue weighted by molar-refractivity contribution is 0.186. The first-order valence-electron chi connectivity index (χ1n) is 5.68. The van der Waals surface area contributed by atoms with Crippen LogP contribution < -0.4 is 19.5 Å². The van der Waals surface area contributed by atoms with Crippen LogP contribution in [0.5, 0.6) is 17.2 Å². The van der Waals surface area contributed by atoms with E-state index in [1.54, 1.807) is 6.07 Å². The third-order valence-corrected chi connectivity index (χ3v) is 2.69. The molecule has 2 rings (SSSR count). The number of nitrogens with zero attached hydrogens (tertiary/aromatic N) is 1. The van der Waals surface area contributed by atoms with Gasteiger partial charge in [-0.3, -0.25) is 5.32 Å². The molecule has 0 aliphatic heterocycles. The van der Waals surface area contributed by atoms with Crippen molar-refractivity contribution in [1.82, 2.24) is 9.97 Å². The monoisotopic (exact) mass is 281 g/mol. The van der Waals surface area contributed by atoms with Gasteiger partial charge in [-0.2, -0.15) is 0 Å². The Morgan fingerprint density at radius 2 is 1.85 bits per heavy atom. The Hall–Kier alpha value is -2.64. The number of H-pyrrole nitrogens is 1. The SMILES string of the molecule is COC(=O)Nc1nc2c(OC)c(OC)c(OC)cc2[nH]1. The fourth-order valence-corrected chi connectivity index (χ4v) is 1.82. The van der Waals surface area contributed by atoms with Gasteiger partial charge in [0.15, 0.2) is 11.5 Å². The molecule has 0 aliphatic carbocycles. The largest absolute Gasteiger partial charge is 0.493 e. The lowest BCUT2D eigenvalue weighted by Gasteiger charge is -2.11. The van der Waals surface area contributed by atoms with Crippen LogP contribution in [0.15, 0.2) is 6.07 Å². The van der Waals surface area contributed by atoms with E-state index < -0.39 is 6.09 Å². The lowest BCUT2D eigenvalue weighted by atomic mass is 10.2. The molecule has 1 aromatic heterocycles. The molecular weight excluding hydrogens is 266 g/mol. The van der Waals surface area contributed by atoms with Crippen molar-refractivity contribution in [1.29, 1.82) is 0 Å². The molecule has 0 bridgehead atoms. The summed E-state index contributed by atoms with van der Waals surface area (Å²) in [5, 5.41) is 2.44. The van der Waals surface area contributed by atoms with Crippen molar-refractivity contribution in [2.45, 2.75) is 0 Å². The zero-order valence-electron chi connectivity index (χ0n) is 11.6. The number of amides is 1. The van der Waals surface area contributed by atoms with Crippen molar-refractivity contribution in [2.24, 2.45) is 0 Å². The van der Waals surface area contributed by atoms with Crippen LogP contribution in [0.3, 0.4) is 0 Å². The van der Waals surface area contributed by atoms with Crippen molar-refractivity contribution in [3.05, 3.63) is 6.07 Å². The van der Waals surface area contributed by atoms with Crippen LogP contribution in [0.25, 0.3) is 11.0 Å². The first-order valence-corrected chi connectivity index (χ1v) is 5.68. The molecule has 0 atom stereocenters. The summed E-state index contributed by atoms with van der Waals surface area (Å²) in [5.41, 5.74) is 1.14. The van der Waals surface area contributed by atoms with Crippen LogP contribution in [-0.4, -0.2) is 44.5 Å². The number of anilines is 1. The third kappa shape index (κ3) is 2.27. The van der Waals surface area contributed by atoms with E-state index in [0.717, 1.165) is 0 Å². The maximum Gasteiger partial charge on any atom is 0.413 e. The second kappa shape index (κ2) is 5.55. The van der Waals surface area contributed by atoms with Gasteiger partial charge in [-0.05, 0) is 0 Å². The normalized spacial score (nSPS) is 10.2. The molecule has 0 saturated heterocycles. The quantitative estimate of drug-likeness (QED) is 0.886. The minimum absolute atomic E-state index is 0.237. The zero-order chi connectivity index (χ0) is 14.7. The zero-order valence-corrected chi connectivity index (χ0v) is 11.6. The molecule has 0 fully saturated rings. The molecule has 108 valence electrons. The van der Waals surface area contributed by atoms with E-state index >= 15 is 0 Å². The Balaban J connectivity index is 2.58. The van der Waals surface area contributed by atoms with E-state index in [1.807, 2.05) is 0 Å². The summed E-state index contributed by atoms with van der Waals surface area (Å²) < 4.78 is 20.3. The first kappa shape index (κ1) is 13.8. The van der Waals surface area contributed by atoms with Gasteiger partial charge in [-0.25, -0.2) is 9.78 Å². The van der Waals surface area contributed by atoms with Crippen LogP contribution in [0.4, 0.5) is 10.7 Å². The summed E-state index contributed by atoms with van der Waals surface area (Å²) in [4.78, 5) is 18.3. The van der Waals surface area contributed by atoms with Crippen LogP contribution >= 0.6 is 0 Å². The summed E-state index contributed by atoms with van der Waals surface area (Å²) in [6, 6.07) is 1.70. The average molecular weight is 281 g/mol. The molecule has 0 unspecified atom stereocenters. The summed E-state index contributed by atoms with van der Waals surface area (Å²) in [6.45, 7) is 0. The Bertz CT molecular complexity index is 638. The van der Waals surface area contributed by atoms with Crippen molar-refractivity contribution >= 4 is 23.1 Å². The van der Waals surface area contributed by atoms with Gasteiger partial charge in [0.25, 0.3) is 0 Å². The molecule has 2 aromatic rings. The van der Waals surface area contributed by atoms with E-state index in [9.17, 15) is 4.79 Å². The molecule has 8 nitrogen and oxygen atoms in total. The van der Waals surface area contributed by atoms with Crippen molar-refractivity contribution < 1.29 is 23.7 Å². The topological polar surface area (TPSA) is 94.7 Å². The number of ether oxygens (including phenoxy) is 4. The number of hydrogen-bond donors (Lipinski definition) is 2. The number of hydrogen-bond acceptors (Lipinski definition) is 6. The van der Waals surface area contributed by atoms with E-state index in [4.69, 9.17) is 14.2 Å². The number of aromatic nitrogens is 2. The molecule has 8 heteroatoms. The Morgan fingerprint density at radius 3 is 2.40 bits per heavy atom.